The number of nitrogens with one attached hydrogen (secondary N) is 3. The van der Waals surface area contributed by atoms with Crippen LogP contribution < -0.4 is 33.2 Å². The Balaban J connectivity index is 0.00000140. The number of carbonyl (C=O) groups is 6. The first-order valence-electron chi connectivity index (χ1n) is 17.2. The summed E-state index contributed by atoms with van der Waals surface area (Å²) in [7, 11) is 0. The van der Waals surface area contributed by atoms with Crippen molar-refractivity contribution in [1.29, 1.82) is 0 Å². The lowest BCUT2D eigenvalue weighted by Crippen LogP contribution is -2.57. The summed E-state index contributed by atoms with van der Waals surface area (Å²) in [4.78, 5) is 66.5. The molecular weight excluding hydrogens is 855 g/mol. The molecule has 1 heterocycles. The zero-order valence-electron chi connectivity index (χ0n) is 31.4. The highest BCUT2D eigenvalue weighted by Gasteiger charge is 2.39. The van der Waals surface area contributed by atoms with Crippen molar-refractivity contribution in [3.8, 4) is 22.6 Å². The first kappa shape index (κ1) is 55.1. The molecule has 0 radical (unpaired) electrons. The van der Waals surface area contributed by atoms with E-state index in [4.69, 9.17) is 46.9 Å². The first-order chi connectivity index (χ1) is 28.0. The number of carbonyl (C=O) groups excluding carboxylic acids is 3. The third-order valence-electron chi connectivity index (χ3n) is 7.71. The van der Waals surface area contributed by atoms with Crippen LogP contribution in [0.2, 0.25) is 0 Å². The average Bonchev–Trinajstić information content (AvgIpc) is 3.15. The molecule has 344 valence electrons. The number of fused-ring (bicyclic) bond motifs is 5. The summed E-state index contributed by atoms with van der Waals surface area (Å²) in [6.07, 6.45) is -13.7. The number of nitrogens with two attached hydrogens (primary N) is 3. The molecule has 0 aromatic heterocycles. The number of aliphatic hydroxyl groups excluding tert-OH is 1. The van der Waals surface area contributed by atoms with Gasteiger partial charge >= 0.3 is 36.4 Å². The van der Waals surface area contributed by atoms with Gasteiger partial charge in [0.1, 0.15) is 23.6 Å². The molecule has 15 N–H and O–H groups in total. The first-order valence-corrected chi connectivity index (χ1v) is 17.2. The highest BCUT2D eigenvalue weighted by atomic mass is 19.4. The van der Waals surface area contributed by atoms with Crippen molar-refractivity contribution >= 4 is 35.6 Å². The number of phenolic OH excluding ortho intramolecular Hbond substituents is 2. The van der Waals surface area contributed by atoms with Crippen molar-refractivity contribution in [1.82, 2.24) is 16.0 Å². The zero-order chi connectivity index (χ0) is 47.5. The summed E-state index contributed by atoms with van der Waals surface area (Å²) >= 11 is 0. The highest BCUT2D eigenvalue weighted by molar-refractivity contribution is 5.93. The van der Waals surface area contributed by atoms with Crippen molar-refractivity contribution in [2.24, 2.45) is 17.2 Å². The number of alkyl halides is 9. The number of benzene rings is 2. The zero-order valence-corrected chi connectivity index (χ0v) is 31.4. The summed E-state index contributed by atoms with van der Waals surface area (Å²) in [5.41, 5.74) is 19.6. The monoisotopic (exact) mass is 898 g/mol. The quantitative estimate of drug-likeness (QED) is 0.156. The SMILES string of the molecule is NCCC[C@@H](CO)NC(=O)[C@@H]1Cc2cc(ccc2O)-c2ccc(O)c(c2)C[C@H](N)C(=O)N[C@@H](CCCN)C(=O)N1.O=C(O)C(F)(F)F.O=C(O)C(F)(F)F.O=C(O)C(F)(F)F. The van der Waals surface area contributed by atoms with E-state index in [2.05, 4.69) is 16.0 Å². The van der Waals surface area contributed by atoms with E-state index in [1.54, 1.807) is 24.3 Å². The maximum absolute atomic E-state index is 13.4. The molecule has 27 heteroatoms. The van der Waals surface area contributed by atoms with Gasteiger partial charge in [0.2, 0.25) is 17.7 Å². The Morgan fingerprint density at radius 2 is 1.11 bits per heavy atom. The van der Waals surface area contributed by atoms with Crippen molar-refractivity contribution in [2.75, 3.05) is 19.7 Å². The molecule has 4 bridgehead atoms. The van der Waals surface area contributed by atoms with Crippen LogP contribution in [0.15, 0.2) is 36.4 Å². The molecule has 0 spiro atoms. The standard InChI is InChI=1S/C28H40N6O6.3C2HF3O2/c29-9-1-3-20(15-35)32-28(40)23-14-19-12-17(6-8-25(19)37)16-5-7-24(36)18(11-16)13-21(31)26(38)33-22(4-2-10-30)27(39)34-23;3*3-2(4,5)1(6)7/h5-8,11-12,20-23,35-37H,1-4,9-10,13-15,29-31H2,(H,32,40)(H,33,38)(H,34,39);3*(H,6,7)/t20-,21-,22-,23-;;;/m0.../s1. The van der Waals surface area contributed by atoms with Gasteiger partial charge in [-0.3, -0.25) is 14.4 Å². The number of amides is 3. The van der Waals surface area contributed by atoms with Crippen LogP contribution in [-0.4, -0.2) is 129 Å². The summed E-state index contributed by atoms with van der Waals surface area (Å²) < 4.78 is 95.2. The lowest BCUT2D eigenvalue weighted by Gasteiger charge is -2.26. The predicted octanol–water partition coefficient (Wildman–Crippen LogP) is 1.02. The van der Waals surface area contributed by atoms with Crippen molar-refractivity contribution < 1.29 is 98.9 Å². The summed E-state index contributed by atoms with van der Waals surface area (Å²) in [5, 5.41) is 60.3. The van der Waals surface area contributed by atoms with Crippen LogP contribution in [0.3, 0.4) is 0 Å². The second-order valence-corrected chi connectivity index (χ2v) is 12.5. The Bertz CT molecular complexity index is 1740. The maximum Gasteiger partial charge on any atom is 0.490 e. The molecule has 3 amide bonds. The number of aliphatic hydroxyl groups is 1. The number of halogens is 9. The van der Waals surface area contributed by atoms with Crippen LogP contribution in [0.25, 0.3) is 11.1 Å². The minimum atomic E-state index is -5.08. The van der Waals surface area contributed by atoms with E-state index in [0.717, 1.165) is 0 Å². The van der Waals surface area contributed by atoms with E-state index in [-0.39, 0.29) is 43.9 Å². The summed E-state index contributed by atoms with van der Waals surface area (Å²) in [6.45, 7) is 0.344. The van der Waals surface area contributed by atoms with E-state index in [0.29, 0.717) is 48.1 Å². The predicted molar refractivity (Wildman–Crippen MR) is 191 cm³/mol. The minimum absolute atomic E-state index is 0.0120. The van der Waals surface area contributed by atoms with E-state index >= 15 is 0 Å². The lowest BCUT2D eigenvalue weighted by atomic mass is 9.95. The van der Waals surface area contributed by atoms with Crippen LogP contribution >= 0.6 is 0 Å². The number of rotatable bonds is 9. The molecule has 2 aromatic rings. The number of aliphatic carboxylic acids is 3. The largest absolute Gasteiger partial charge is 0.508 e. The average molecular weight is 899 g/mol. The van der Waals surface area contributed by atoms with Crippen LogP contribution in [0.1, 0.15) is 36.8 Å². The number of aromatic hydroxyl groups is 2. The van der Waals surface area contributed by atoms with Gasteiger partial charge in [0.25, 0.3) is 0 Å². The minimum Gasteiger partial charge on any atom is -0.508 e. The fourth-order valence-electron chi connectivity index (χ4n) is 4.63. The molecular formula is C34H43F9N6O12. The number of hydrogen-bond acceptors (Lipinski definition) is 12. The Labute approximate surface area is 338 Å². The van der Waals surface area contributed by atoms with Gasteiger partial charge in [-0.1, -0.05) is 12.1 Å². The van der Waals surface area contributed by atoms with Crippen LogP contribution in [-0.2, 0) is 41.6 Å². The molecule has 61 heavy (non-hydrogen) atoms. The highest BCUT2D eigenvalue weighted by Crippen LogP contribution is 2.31. The molecule has 2 aromatic carbocycles. The van der Waals surface area contributed by atoms with E-state index < -0.39 is 78.3 Å². The number of carboxylic acids is 3. The smallest absolute Gasteiger partial charge is 0.490 e. The fraction of sp³-hybridized carbons (Fsp3) is 0.471. The van der Waals surface area contributed by atoms with Gasteiger partial charge in [-0.25, -0.2) is 14.4 Å². The van der Waals surface area contributed by atoms with Gasteiger partial charge in [0.15, 0.2) is 0 Å². The molecule has 0 fully saturated rings. The Morgan fingerprint density at radius 3 is 1.49 bits per heavy atom. The van der Waals surface area contributed by atoms with Gasteiger partial charge < -0.3 is 63.8 Å². The topological polar surface area (TPSA) is 338 Å². The van der Waals surface area contributed by atoms with Gasteiger partial charge in [0.05, 0.1) is 18.7 Å². The van der Waals surface area contributed by atoms with Crippen LogP contribution in [0.4, 0.5) is 39.5 Å². The molecule has 1 aliphatic rings. The molecule has 0 aliphatic carbocycles. The van der Waals surface area contributed by atoms with Gasteiger partial charge in [-0.05, 0) is 85.3 Å². The van der Waals surface area contributed by atoms with Crippen LogP contribution in [0.5, 0.6) is 11.5 Å². The molecule has 4 atom stereocenters. The van der Waals surface area contributed by atoms with Crippen molar-refractivity contribution in [2.45, 2.75) is 81.2 Å². The Kier molecular flexibility index (Phi) is 22.6. The van der Waals surface area contributed by atoms with Gasteiger partial charge in [-0.15, -0.1) is 0 Å². The van der Waals surface area contributed by atoms with Crippen molar-refractivity contribution in [3.63, 3.8) is 0 Å². The maximum atomic E-state index is 13.4. The Hall–Kier alpha value is -5.93. The molecule has 0 saturated heterocycles. The van der Waals surface area contributed by atoms with Gasteiger partial charge in [-0.2, -0.15) is 39.5 Å². The molecule has 1 aliphatic heterocycles. The Morgan fingerprint density at radius 1 is 0.705 bits per heavy atom. The van der Waals surface area contributed by atoms with E-state index in [9.17, 15) is 69.2 Å². The molecule has 0 unspecified atom stereocenters. The summed E-state index contributed by atoms with van der Waals surface area (Å²) in [6, 6.07) is 5.95. The number of carboxylic acid groups (broad SMARTS) is 3. The summed E-state index contributed by atoms with van der Waals surface area (Å²) in [5.74, 6) is -10.2. The van der Waals surface area contributed by atoms with Crippen molar-refractivity contribution in [3.05, 3.63) is 47.5 Å². The fourth-order valence-corrected chi connectivity index (χ4v) is 4.63. The second kappa shape index (κ2) is 25.0. The number of phenols is 2. The molecule has 0 saturated carbocycles. The van der Waals surface area contributed by atoms with Crippen LogP contribution in [0, 0.1) is 0 Å². The lowest BCUT2D eigenvalue weighted by molar-refractivity contribution is -0.193. The number of hydrogen-bond donors (Lipinski definition) is 12. The third-order valence-corrected chi connectivity index (χ3v) is 7.71. The van der Waals surface area contributed by atoms with Gasteiger partial charge in [0, 0.05) is 12.8 Å². The second-order valence-electron chi connectivity index (χ2n) is 12.5. The van der Waals surface area contributed by atoms with E-state index in [1.807, 2.05) is 0 Å². The molecule has 3 rings (SSSR count). The van der Waals surface area contributed by atoms with E-state index in [1.165, 1.54) is 12.1 Å². The third kappa shape index (κ3) is 20.7. The normalized spacial score (nSPS) is 17.3. The molecule has 18 nitrogen and oxygen atoms in total.